The Labute approximate surface area is 111 Å². The molecule has 0 aromatic heterocycles. The van der Waals surface area contributed by atoms with Crippen LogP contribution in [0, 0.1) is 6.92 Å². The molecule has 0 aliphatic carbocycles. The second-order valence-corrected chi connectivity index (χ2v) is 4.99. The van der Waals surface area contributed by atoms with Crippen LogP contribution in [0.25, 0.3) is 0 Å². The van der Waals surface area contributed by atoms with Crippen LogP contribution in [0.2, 0.25) is 0 Å². The molecule has 0 unspecified atom stereocenters. The lowest BCUT2D eigenvalue weighted by Gasteiger charge is -2.13. The van der Waals surface area contributed by atoms with Gasteiger partial charge >= 0.3 is 0 Å². The Bertz CT molecular complexity index is 396. The molecule has 1 amide bonds. The number of carbonyl (C=O) groups excluding carboxylic acids is 1. The summed E-state index contributed by atoms with van der Waals surface area (Å²) in [7, 11) is 1.87. The molecule has 1 aliphatic heterocycles. The van der Waals surface area contributed by atoms with Gasteiger partial charge in [-0.3, -0.25) is 4.79 Å². The fourth-order valence-corrected chi connectivity index (χ4v) is 1.95. The van der Waals surface area contributed by atoms with E-state index in [1.54, 1.807) is 4.90 Å². The summed E-state index contributed by atoms with van der Waals surface area (Å²) in [6, 6.07) is 6.09. The molecule has 1 aromatic carbocycles. The summed E-state index contributed by atoms with van der Waals surface area (Å²) in [5.41, 5.74) is 3.33. The molecule has 1 aliphatic rings. The molecule has 0 spiro atoms. The van der Waals surface area contributed by atoms with E-state index in [1.165, 1.54) is 24.0 Å². The van der Waals surface area contributed by atoms with Gasteiger partial charge in [0.2, 0.25) is 0 Å². The molecule has 0 fully saturated rings. The minimum Gasteiger partial charge on any atom is -0.342 e. The first-order valence-electron chi connectivity index (χ1n) is 6.95. The van der Waals surface area contributed by atoms with Crippen molar-refractivity contribution in [2.45, 2.75) is 46.5 Å². The van der Waals surface area contributed by atoms with E-state index >= 15 is 0 Å². The van der Waals surface area contributed by atoms with Crippen molar-refractivity contribution in [3.05, 3.63) is 34.9 Å². The molecule has 0 saturated heterocycles. The van der Waals surface area contributed by atoms with Gasteiger partial charge in [0.1, 0.15) is 0 Å². The highest BCUT2D eigenvalue weighted by atomic mass is 16.2. The molecular formula is C16H25NO. The van der Waals surface area contributed by atoms with E-state index in [0.29, 0.717) is 0 Å². The third kappa shape index (κ3) is 3.86. The highest BCUT2D eigenvalue weighted by Gasteiger charge is 2.18. The molecule has 0 bridgehead atoms. The third-order valence-electron chi connectivity index (χ3n) is 3.28. The average Bonchev–Trinajstić information content (AvgIpc) is 2.50. The van der Waals surface area contributed by atoms with Crippen LogP contribution >= 0.6 is 0 Å². The van der Waals surface area contributed by atoms with Gasteiger partial charge in [-0.2, -0.15) is 0 Å². The van der Waals surface area contributed by atoms with Crippen LogP contribution in [-0.2, 0) is 6.42 Å². The standard InChI is InChI=1S/C12H15NO.C4H10/c1-9-5-6-11-10(8-9)4-3-7-13(2)12(11)14;1-3-4-2/h5-6,8H,3-4,7H2,1-2H3;3-4H2,1-2H3. The monoisotopic (exact) mass is 247 g/mol. The zero-order chi connectivity index (χ0) is 13.5. The summed E-state index contributed by atoms with van der Waals surface area (Å²) in [6.45, 7) is 7.30. The van der Waals surface area contributed by atoms with Crippen molar-refractivity contribution in [1.82, 2.24) is 4.90 Å². The maximum absolute atomic E-state index is 11.9. The average molecular weight is 247 g/mol. The van der Waals surface area contributed by atoms with E-state index < -0.39 is 0 Å². The second kappa shape index (κ2) is 7.20. The molecule has 2 heteroatoms. The highest BCUT2D eigenvalue weighted by molar-refractivity contribution is 5.95. The fraction of sp³-hybridized carbons (Fsp3) is 0.562. The maximum Gasteiger partial charge on any atom is 0.253 e. The van der Waals surface area contributed by atoms with Crippen LogP contribution in [-0.4, -0.2) is 24.4 Å². The number of fused-ring (bicyclic) bond motifs is 1. The summed E-state index contributed by atoms with van der Waals surface area (Å²) in [5.74, 6) is 0.164. The summed E-state index contributed by atoms with van der Waals surface area (Å²) < 4.78 is 0. The van der Waals surface area contributed by atoms with Crippen LogP contribution in [0.3, 0.4) is 0 Å². The van der Waals surface area contributed by atoms with E-state index in [9.17, 15) is 4.79 Å². The smallest absolute Gasteiger partial charge is 0.253 e. The molecule has 2 nitrogen and oxygen atoms in total. The predicted octanol–water partition coefficient (Wildman–Crippen LogP) is 3.82. The Hall–Kier alpha value is -1.31. The van der Waals surface area contributed by atoms with Crippen molar-refractivity contribution in [1.29, 1.82) is 0 Å². The van der Waals surface area contributed by atoms with Crippen molar-refractivity contribution in [3.8, 4) is 0 Å². The number of amides is 1. The third-order valence-corrected chi connectivity index (χ3v) is 3.28. The lowest BCUT2D eigenvalue weighted by molar-refractivity contribution is 0.0800. The Balaban J connectivity index is 0.000000357. The van der Waals surface area contributed by atoms with Gasteiger partial charge in [-0.1, -0.05) is 44.4 Å². The van der Waals surface area contributed by atoms with E-state index in [1.807, 2.05) is 19.2 Å². The minimum absolute atomic E-state index is 0.164. The molecular weight excluding hydrogens is 222 g/mol. The quantitative estimate of drug-likeness (QED) is 0.738. The number of hydrogen-bond donors (Lipinski definition) is 0. The Morgan fingerprint density at radius 2 is 1.89 bits per heavy atom. The number of rotatable bonds is 1. The Morgan fingerprint density at radius 3 is 2.50 bits per heavy atom. The maximum atomic E-state index is 11.9. The largest absolute Gasteiger partial charge is 0.342 e. The summed E-state index contributed by atoms with van der Waals surface area (Å²) >= 11 is 0. The molecule has 0 saturated carbocycles. The predicted molar refractivity (Wildman–Crippen MR) is 77.0 cm³/mol. The van der Waals surface area contributed by atoms with Crippen LogP contribution in [0.4, 0.5) is 0 Å². The molecule has 18 heavy (non-hydrogen) atoms. The van der Waals surface area contributed by atoms with E-state index in [-0.39, 0.29) is 5.91 Å². The zero-order valence-electron chi connectivity index (χ0n) is 12.1. The van der Waals surface area contributed by atoms with Crippen LogP contribution in [0.15, 0.2) is 18.2 Å². The van der Waals surface area contributed by atoms with Crippen LogP contribution in [0.1, 0.15) is 54.6 Å². The number of unbranched alkanes of at least 4 members (excludes halogenated alkanes) is 1. The summed E-state index contributed by atoms with van der Waals surface area (Å²) in [6.07, 6.45) is 4.73. The van der Waals surface area contributed by atoms with Crippen molar-refractivity contribution in [2.75, 3.05) is 13.6 Å². The van der Waals surface area contributed by atoms with Gasteiger partial charge in [0, 0.05) is 19.2 Å². The Morgan fingerprint density at radius 1 is 1.22 bits per heavy atom. The lowest BCUT2D eigenvalue weighted by Crippen LogP contribution is -2.26. The number of nitrogens with zero attached hydrogens (tertiary/aromatic N) is 1. The first-order valence-corrected chi connectivity index (χ1v) is 6.95. The van der Waals surface area contributed by atoms with Crippen molar-refractivity contribution < 1.29 is 4.79 Å². The van der Waals surface area contributed by atoms with Gasteiger partial charge in [-0.05, 0) is 31.4 Å². The summed E-state index contributed by atoms with van der Waals surface area (Å²) in [5, 5.41) is 0. The molecule has 1 aromatic rings. The first kappa shape index (κ1) is 14.7. The topological polar surface area (TPSA) is 20.3 Å². The molecule has 2 rings (SSSR count). The van der Waals surface area contributed by atoms with Gasteiger partial charge in [0.05, 0.1) is 0 Å². The lowest BCUT2D eigenvalue weighted by atomic mass is 10.0. The number of aryl methyl sites for hydroxylation is 2. The first-order chi connectivity index (χ1) is 8.60. The van der Waals surface area contributed by atoms with Gasteiger partial charge in [-0.15, -0.1) is 0 Å². The van der Waals surface area contributed by atoms with Crippen LogP contribution < -0.4 is 0 Å². The normalized spacial score (nSPS) is 14.4. The molecule has 0 radical (unpaired) electrons. The molecule has 100 valence electrons. The number of carbonyl (C=O) groups is 1. The second-order valence-electron chi connectivity index (χ2n) is 4.99. The summed E-state index contributed by atoms with van der Waals surface area (Å²) in [4.78, 5) is 13.7. The highest BCUT2D eigenvalue weighted by Crippen LogP contribution is 2.18. The molecule has 0 N–H and O–H groups in total. The molecule has 0 atom stereocenters. The van der Waals surface area contributed by atoms with Crippen molar-refractivity contribution in [3.63, 3.8) is 0 Å². The Kier molecular flexibility index (Phi) is 5.90. The van der Waals surface area contributed by atoms with Crippen molar-refractivity contribution >= 4 is 5.91 Å². The van der Waals surface area contributed by atoms with E-state index in [0.717, 1.165) is 24.9 Å². The fourth-order valence-electron chi connectivity index (χ4n) is 1.95. The van der Waals surface area contributed by atoms with Crippen molar-refractivity contribution in [2.24, 2.45) is 0 Å². The van der Waals surface area contributed by atoms with Gasteiger partial charge in [0.15, 0.2) is 0 Å². The van der Waals surface area contributed by atoms with E-state index in [2.05, 4.69) is 26.8 Å². The van der Waals surface area contributed by atoms with E-state index in [4.69, 9.17) is 0 Å². The van der Waals surface area contributed by atoms with Crippen LogP contribution in [0.5, 0.6) is 0 Å². The number of hydrogen-bond acceptors (Lipinski definition) is 1. The molecule has 1 heterocycles. The SMILES string of the molecule is CCCC.Cc1ccc2c(c1)CCCN(C)C2=O. The van der Waals surface area contributed by atoms with Gasteiger partial charge in [-0.25, -0.2) is 0 Å². The zero-order valence-corrected chi connectivity index (χ0v) is 12.1. The van der Waals surface area contributed by atoms with Gasteiger partial charge in [0.25, 0.3) is 5.91 Å². The van der Waals surface area contributed by atoms with Gasteiger partial charge < -0.3 is 4.90 Å². The minimum atomic E-state index is 0.164. The number of benzene rings is 1.